The summed E-state index contributed by atoms with van der Waals surface area (Å²) in [6.07, 6.45) is 3.69. The second-order valence-corrected chi connectivity index (χ2v) is 17.2. The topological polar surface area (TPSA) is 142 Å². The van der Waals surface area contributed by atoms with Crippen LogP contribution in [-0.4, -0.2) is 96.6 Å². The number of fused-ring (bicyclic) bond motifs is 2. The van der Waals surface area contributed by atoms with Crippen molar-refractivity contribution in [3.05, 3.63) is 101 Å². The van der Waals surface area contributed by atoms with Gasteiger partial charge in [0.15, 0.2) is 11.5 Å². The Bertz CT molecular complexity index is 2680. The number of rotatable bonds is 9. The molecule has 0 aliphatic carbocycles. The number of aromatic nitrogens is 5. The van der Waals surface area contributed by atoms with Crippen LogP contribution < -0.4 is 15.5 Å². The van der Waals surface area contributed by atoms with Gasteiger partial charge in [-0.25, -0.2) is 27.9 Å². The molecule has 16 heteroatoms. The molecule has 3 fully saturated rings. The smallest absolute Gasteiger partial charge is 0.329 e. The molecule has 5 amide bonds. The second-order valence-electron chi connectivity index (χ2n) is 17.2. The van der Waals surface area contributed by atoms with Crippen molar-refractivity contribution in [2.45, 2.75) is 70.7 Å². The van der Waals surface area contributed by atoms with Crippen molar-refractivity contribution >= 4 is 40.3 Å². The number of benzene rings is 3. The number of carbonyl (C=O) groups excluding carboxylic acids is 3. The third-order valence-electron chi connectivity index (χ3n) is 11.8. The number of carbonyl (C=O) groups is 3. The fourth-order valence-corrected chi connectivity index (χ4v) is 8.54. The largest absolute Gasteiger partial charge is 0.369 e. The number of anilines is 1. The minimum atomic E-state index is -0.457. The number of imide groups is 1. The molecule has 0 atom stereocenters. The molecule has 3 aliphatic rings. The molecule has 0 spiro atoms. The molecule has 6 aromatic rings. The molecular formula is C45H48F2N10O4. The Labute approximate surface area is 351 Å². The Hall–Kier alpha value is -6.26. The summed E-state index contributed by atoms with van der Waals surface area (Å²) in [4.78, 5) is 46.7. The average molecular weight is 831 g/mol. The Kier molecular flexibility index (Phi) is 10.5. The highest BCUT2D eigenvalue weighted by molar-refractivity contribution is 6.08. The maximum Gasteiger partial charge on any atom is 0.329 e. The van der Waals surface area contributed by atoms with Crippen LogP contribution in [0.25, 0.3) is 39.1 Å². The number of piperidine rings is 1. The first-order valence-electron chi connectivity index (χ1n) is 20.7. The quantitative estimate of drug-likeness (QED) is 0.163. The third kappa shape index (κ3) is 8.29. The molecule has 6 heterocycles. The Morgan fingerprint density at radius 2 is 1.64 bits per heavy atom. The van der Waals surface area contributed by atoms with Gasteiger partial charge < -0.3 is 15.0 Å². The minimum Gasteiger partial charge on any atom is -0.369 e. The molecule has 2 N–H and O–H groups in total. The van der Waals surface area contributed by atoms with Crippen LogP contribution in [0.3, 0.4) is 0 Å². The molecule has 0 saturated carbocycles. The van der Waals surface area contributed by atoms with Crippen LogP contribution in [0.4, 0.5) is 24.2 Å². The summed E-state index contributed by atoms with van der Waals surface area (Å²) in [5.74, 6) is -0.180. The predicted molar refractivity (Wildman–Crippen MR) is 226 cm³/mol. The Balaban J connectivity index is 0.817. The fourth-order valence-electron chi connectivity index (χ4n) is 8.54. The molecule has 3 aromatic carbocycles. The number of ether oxygens (including phenoxy) is 1. The average Bonchev–Trinajstić information content (AvgIpc) is 3.80. The van der Waals surface area contributed by atoms with E-state index in [1.54, 1.807) is 44.6 Å². The number of hydrogen-bond acceptors (Lipinski definition) is 8. The first kappa shape index (κ1) is 40.2. The zero-order chi connectivity index (χ0) is 42.6. The number of amides is 5. The first-order valence-corrected chi connectivity index (χ1v) is 20.7. The number of likely N-dealkylation sites (tertiary alicyclic amines) is 2. The fraction of sp³-hybridized carbons (Fsp3) is 0.378. The number of nitrogens with zero attached hydrogens (tertiary/aromatic N) is 8. The van der Waals surface area contributed by atoms with Crippen LogP contribution >= 0.6 is 0 Å². The van der Waals surface area contributed by atoms with Gasteiger partial charge in [-0.2, -0.15) is 10.2 Å². The van der Waals surface area contributed by atoms with Gasteiger partial charge in [0.05, 0.1) is 41.7 Å². The van der Waals surface area contributed by atoms with E-state index < -0.39 is 11.8 Å². The zero-order valence-corrected chi connectivity index (χ0v) is 34.6. The highest BCUT2D eigenvalue weighted by Gasteiger charge is 2.34. The second kappa shape index (κ2) is 16.0. The summed E-state index contributed by atoms with van der Waals surface area (Å²) in [5.41, 5.74) is 5.69. The monoisotopic (exact) mass is 830 g/mol. The SMILES string of the molecule is Cn1nc(N2CCC(=O)NC2=O)c2ccc(C3CCN(Cc4ccc(-c5cc6nccc(-c7ccc(CNC(=O)N8CC(OC(C)(C)C)C8)c(F)c7)n6n5)cc4F)CC3)cc21. The number of halogens is 2. The lowest BCUT2D eigenvalue weighted by Gasteiger charge is -2.41. The molecule has 0 radical (unpaired) electrons. The molecule has 316 valence electrons. The van der Waals surface area contributed by atoms with Gasteiger partial charge in [-0.1, -0.05) is 30.3 Å². The van der Waals surface area contributed by atoms with E-state index in [0.29, 0.717) is 77.2 Å². The molecule has 0 bridgehead atoms. The maximum absolute atomic E-state index is 15.7. The summed E-state index contributed by atoms with van der Waals surface area (Å²) >= 11 is 0. The molecule has 3 saturated heterocycles. The van der Waals surface area contributed by atoms with Gasteiger partial charge in [0.25, 0.3) is 0 Å². The van der Waals surface area contributed by atoms with Crippen LogP contribution in [0.5, 0.6) is 0 Å². The van der Waals surface area contributed by atoms with Gasteiger partial charge in [0.1, 0.15) is 11.6 Å². The van der Waals surface area contributed by atoms with E-state index in [-0.39, 0.29) is 42.4 Å². The summed E-state index contributed by atoms with van der Waals surface area (Å²) in [5, 5.41) is 15.4. The van der Waals surface area contributed by atoms with Crippen LogP contribution in [0.1, 0.15) is 62.6 Å². The van der Waals surface area contributed by atoms with Crippen molar-refractivity contribution in [1.29, 1.82) is 0 Å². The predicted octanol–water partition coefficient (Wildman–Crippen LogP) is 6.76. The number of urea groups is 2. The van der Waals surface area contributed by atoms with Gasteiger partial charge in [-0.15, -0.1) is 0 Å². The third-order valence-corrected chi connectivity index (χ3v) is 11.8. The lowest BCUT2D eigenvalue weighted by Crippen LogP contribution is -2.59. The van der Waals surface area contributed by atoms with Gasteiger partial charge in [0, 0.05) is 73.0 Å². The first-order chi connectivity index (χ1) is 29.3. The van der Waals surface area contributed by atoms with Crippen molar-refractivity contribution < 1.29 is 27.9 Å². The van der Waals surface area contributed by atoms with Crippen molar-refractivity contribution in [2.24, 2.45) is 7.05 Å². The minimum absolute atomic E-state index is 0.00466. The molecule has 9 rings (SSSR count). The normalized spacial score (nSPS) is 17.0. The van der Waals surface area contributed by atoms with E-state index in [4.69, 9.17) is 9.84 Å². The molecular weight excluding hydrogens is 783 g/mol. The number of hydrogen-bond donors (Lipinski definition) is 2. The summed E-state index contributed by atoms with van der Waals surface area (Å²) < 4.78 is 40.4. The Morgan fingerprint density at radius 1 is 0.902 bits per heavy atom. The summed E-state index contributed by atoms with van der Waals surface area (Å²) in [6, 6.07) is 19.1. The highest BCUT2D eigenvalue weighted by Crippen LogP contribution is 2.35. The van der Waals surface area contributed by atoms with E-state index in [1.807, 2.05) is 46.0 Å². The van der Waals surface area contributed by atoms with Gasteiger partial charge >= 0.3 is 12.1 Å². The van der Waals surface area contributed by atoms with Crippen molar-refractivity contribution in [2.75, 3.05) is 37.6 Å². The lowest BCUT2D eigenvalue weighted by molar-refractivity contribution is -0.120. The summed E-state index contributed by atoms with van der Waals surface area (Å²) in [7, 11) is 1.86. The highest BCUT2D eigenvalue weighted by atomic mass is 19.1. The standard InChI is InChI=1S/C45H48F2N10O4/c1-45(2,3)61-33-25-55(26-33)43(59)49-23-31-7-6-30(20-35(31)46)38-11-15-48-40-22-37(51-57(38)40)29-5-8-32(36(47)19-29)24-54-16-12-27(13-17-54)28-9-10-34-39(21-28)53(4)52-42(34)56-18-14-41(58)50-44(56)60/h5-11,15,19-22,27,33H,12-14,16-18,23-26H2,1-4H3,(H,49,59)(H,50,58,60). The number of nitrogens with one attached hydrogen (secondary N) is 2. The van der Waals surface area contributed by atoms with Crippen molar-refractivity contribution in [3.8, 4) is 22.5 Å². The van der Waals surface area contributed by atoms with Crippen LogP contribution in [0, 0.1) is 11.6 Å². The van der Waals surface area contributed by atoms with Crippen LogP contribution in [0.15, 0.2) is 72.9 Å². The molecule has 3 aromatic heterocycles. The molecule has 61 heavy (non-hydrogen) atoms. The molecule has 14 nitrogen and oxygen atoms in total. The van der Waals surface area contributed by atoms with E-state index in [9.17, 15) is 14.4 Å². The van der Waals surface area contributed by atoms with Crippen molar-refractivity contribution in [1.82, 2.24) is 44.8 Å². The van der Waals surface area contributed by atoms with E-state index in [0.717, 1.165) is 36.8 Å². The van der Waals surface area contributed by atoms with Crippen LogP contribution in [0.2, 0.25) is 0 Å². The number of aryl methyl sites for hydroxylation is 1. The Morgan fingerprint density at radius 3 is 2.38 bits per heavy atom. The van der Waals surface area contributed by atoms with E-state index in [2.05, 4.69) is 37.7 Å². The molecule has 3 aliphatic heterocycles. The van der Waals surface area contributed by atoms with Crippen molar-refractivity contribution in [3.63, 3.8) is 0 Å². The van der Waals surface area contributed by atoms with E-state index >= 15 is 8.78 Å². The van der Waals surface area contributed by atoms with E-state index in [1.165, 1.54) is 22.6 Å². The van der Waals surface area contributed by atoms with Gasteiger partial charge in [-0.3, -0.25) is 24.6 Å². The van der Waals surface area contributed by atoms with Crippen LogP contribution in [-0.2, 0) is 29.7 Å². The molecule has 0 unspecified atom stereocenters. The summed E-state index contributed by atoms with van der Waals surface area (Å²) in [6.45, 7) is 9.38. The lowest BCUT2D eigenvalue weighted by atomic mass is 9.88. The van der Waals surface area contributed by atoms with Gasteiger partial charge in [0.2, 0.25) is 5.91 Å². The maximum atomic E-state index is 15.7. The van der Waals surface area contributed by atoms with Gasteiger partial charge in [-0.05, 0) is 88.5 Å². The zero-order valence-electron chi connectivity index (χ0n) is 34.6.